The van der Waals surface area contributed by atoms with E-state index in [-0.39, 0.29) is 5.56 Å². The summed E-state index contributed by atoms with van der Waals surface area (Å²) in [5.74, 6) is 0.833. The minimum absolute atomic E-state index is 0.0466. The molecule has 1 saturated carbocycles. The zero-order chi connectivity index (χ0) is 10.1. The van der Waals surface area contributed by atoms with Crippen LogP contribution in [-0.2, 0) is 0 Å². The van der Waals surface area contributed by atoms with Gasteiger partial charge >= 0.3 is 0 Å². The van der Waals surface area contributed by atoms with Crippen molar-refractivity contribution in [3.05, 3.63) is 20.3 Å². The zero-order valence-corrected chi connectivity index (χ0v) is 10.1. The molecular formula is C9H12IN3O. The van der Waals surface area contributed by atoms with Crippen LogP contribution in [0.3, 0.4) is 0 Å². The van der Waals surface area contributed by atoms with Crippen LogP contribution in [0.4, 0.5) is 5.82 Å². The van der Waals surface area contributed by atoms with Gasteiger partial charge in [0.15, 0.2) is 0 Å². The topological polar surface area (TPSA) is 49.0 Å². The van der Waals surface area contributed by atoms with Crippen LogP contribution in [-0.4, -0.2) is 22.6 Å². The molecule has 0 saturated heterocycles. The molecule has 4 nitrogen and oxygen atoms in total. The molecule has 1 aromatic heterocycles. The number of anilines is 1. The molecule has 1 fully saturated rings. The third kappa shape index (κ3) is 1.77. The Morgan fingerprint density at radius 2 is 2.43 bits per heavy atom. The summed E-state index contributed by atoms with van der Waals surface area (Å²) >= 11 is 2.06. The number of rotatable bonds is 3. The third-order valence-corrected chi connectivity index (χ3v) is 3.35. The first-order chi connectivity index (χ1) is 6.74. The fraction of sp³-hybridized carbons (Fsp3) is 0.556. The summed E-state index contributed by atoms with van der Waals surface area (Å²) in [5.41, 5.74) is -0.0466. The van der Waals surface area contributed by atoms with Gasteiger partial charge in [0.1, 0.15) is 9.39 Å². The molecule has 1 heterocycles. The van der Waals surface area contributed by atoms with E-state index in [0.717, 1.165) is 12.4 Å². The summed E-state index contributed by atoms with van der Waals surface area (Å²) in [6, 6.07) is 0.600. The highest BCUT2D eigenvalue weighted by atomic mass is 127. The van der Waals surface area contributed by atoms with Crippen molar-refractivity contribution in [3.63, 3.8) is 0 Å². The summed E-state index contributed by atoms with van der Waals surface area (Å²) in [6.45, 7) is 3.01. The van der Waals surface area contributed by atoms with Crippen LogP contribution < -0.4 is 10.5 Å². The number of halogens is 1. The molecule has 1 aliphatic rings. The number of nitrogens with zero attached hydrogens (tertiary/aromatic N) is 2. The molecule has 0 bridgehead atoms. The fourth-order valence-electron chi connectivity index (χ4n) is 1.54. The molecule has 0 atom stereocenters. The van der Waals surface area contributed by atoms with Gasteiger partial charge in [-0.25, -0.2) is 4.98 Å². The van der Waals surface area contributed by atoms with Crippen LogP contribution in [0.1, 0.15) is 19.8 Å². The van der Waals surface area contributed by atoms with Crippen LogP contribution in [0.2, 0.25) is 0 Å². The van der Waals surface area contributed by atoms with Gasteiger partial charge in [0.05, 0.1) is 6.33 Å². The molecule has 14 heavy (non-hydrogen) atoms. The molecule has 0 aliphatic heterocycles. The molecule has 76 valence electrons. The molecule has 0 radical (unpaired) electrons. The van der Waals surface area contributed by atoms with Crippen molar-refractivity contribution in [2.45, 2.75) is 25.8 Å². The SMILES string of the molecule is CCN(c1nc[nH]c(=O)c1I)C1CC1. The molecule has 0 unspecified atom stereocenters. The van der Waals surface area contributed by atoms with Crippen LogP contribution in [0.5, 0.6) is 0 Å². The highest BCUT2D eigenvalue weighted by molar-refractivity contribution is 14.1. The van der Waals surface area contributed by atoms with Gasteiger partial charge in [0.25, 0.3) is 5.56 Å². The lowest BCUT2D eigenvalue weighted by Gasteiger charge is -2.21. The van der Waals surface area contributed by atoms with E-state index < -0.39 is 0 Å². The predicted octanol–water partition coefficient (Wildman–Crippen LogP) is 1.36. The van der Waals surface area contributed by atoms with Gasteiger partial charge in [-0.15, -0.1) is 0 Å². The largest absolute Gasteiger partial charge is 0.353 e. The molecule has 0 amide bonds. The van der Waals surface area contributed by atoms with E-state index in [1.54, 1.807) is 0 Å². The van der Waals surface area contributed by atoms with Gasteiger partial charge in [-0.1, -0.05) is 0 Å². The fourth-order valence-corrected chi connectivity index (χ4v) is 2.15. The summed E-state index contributed by atoms with van der Waals surface area (Å²) in [5, 5.41) is 0. The van der Waals surface area contributed by atoms with Crippen molar-refractivity contribution in [1.82, 2.24) is 9.97 Å². The normalized spacial score (nSPS) is 15.6. The predicted molar refractivity (Wildman–Crippen MR) is 63.6 cm³/mol. The summed E-state index contributed by atoms with van der Waals surface area (Å²) in [6.07, 6.45) is 3.92. The monoisotopic (exact) mass is 305 g/mol. The van der Waals surface area contributed by atoms with Gasteiger partial charge in [-0.2, -0.15) is 0 Å². The van der Waals surface area contributed by atoms with Gasteiger partial charge in [-0.3, -0.25) is 4.79 Å². The van der Waals surface area contributed by atoms with E-state index >= 15 is 0 Å². The number of H-pyrrole nitrogens is 1. The van der Waals surface area contributed by atoms with Crippen molar-refractivity contribution in [1.29, 1.82) is 0 Å². The molecule has 0 spiro atoms. The number of aromatic amines is 1. The Kier molecular flexibility index (Phi) is 2.76. The lowest BCUT2D eigenvalue weighted by molar-refractivity contribution is 0.798. The summed E-state index contributed by atoms with van der Waals surface area (Å²) in [4.78, 5) is 20.4. The van der Waals surface area contributed by atoms with Gasteiger partial charge in [0, 0.05) is 12.6 Å². The second-order valence-electron chi connectivity index (χ2n) is 3.39. The molecule has 1 aliphatic carbocycles. The smallest absolute Gasteiger partial charge is 0.266 e. The van der Waals surface area contributed by atoms with E-state index in [2.05, 4.69) is 44.4 Å². The standard InChI is InChI=1S/C9H12IN3O/c1-2-13(6-3-4-6)8-7(10)9(14)12-5-11-8/h5-6H,2-4H2,1H3,(H,11,12,14). The summed E-state index contributed by atoms with van der Waals surface area (Å²) in [7, 11) is 0. The average Bonchev–Trinajstić information content (AvgIpc) is 2.97. The zero-order valence-electron chi connectivity index (χ0n) is 7.96. The maximum atomic E-state index is 11.4. The van der Waals surface area contributed by atoms with Crippen molar-refractivity contribution in [2.24, 2.45) is 0 Å². The van der Waals surface area contributed by atoms with Gasteiger partial charge < -0.3 is 9.88 Å². The van der Waals surface area contributed by atoms with E-state index in [1.165, 1.54) is 19.2 Å². The van der Waals surface area contributed by atoms with E-state index in [4.69, 9.17) is 0 Å². The van der Waals surface area contributed by atoms with E-state index in [1.807, 2.05) is 0 Å². The van der Waals surface area contributed by atoms with Crippen molar-refractivity contribution < 1.29 is 0 Å². The second-order valence-corrected chi connectivity index (χ2v) is 4.47. The highest BCUT2D eigenvalue weighted by Crippen LogP contribution is 2.31. The number of hydrogen-bond donors (Lipinski definition) is 1. The van der Waals surface area contributed by atoms with E-state index in [0.29, 0.717) is 9.61 Å². The maximum Gasteiger partial charge on any atom is 0.266 e. The molecule has 0 aromatic carbocycles. The molecule has 1 aromatic rings. The van der Waals surface area contributed by atoms with Gasteiger partial charge in [0.2, 0.25) is 0 Å². The first kappa shape index (κ1) is 9.95. The molecule has 1 N–H and O–H groups in total. The highest BCUT2D eigenvalue weighted by Gasteiger charge is 2.30. The Labute approximate surface area is 95.9 Å². The molecule has 2 rings (SSSR count). The quantitative estimate of drug-likeness (QED) is 0.858. The molecular weight excluding hydrogens is 293 g/mol. The number of hydrogen-bond acceptors (Lipinski definition) is 3. The number of aromatic nitrogens is 2. The lowest BCUT2D eigenvalue weighted by atomic mass is 10.4. The van der Waals surface area contributed by atoms with Gasteiger partial charge in [-0.05, 0) is 42.4 Å². The Balaban J connectivity index is 2.38. The Morgan fingerprint density at radius 1 is 1.71 bits per heavy atom. The first-order valence-electron chi connectivity index (χ1n) is 4.74. The molecule has 5 heteroatoms. The van der Waals surface area contributed by atoms with Crippen LogP contribution in [0.15, 0.2) is 11.1 Å². The van der Waals surface area contributed by atoms with Crippen molar-refractivity contribution >= 4 is 28.4 Å². The average molecular weight is 305 g/mol. The van der Waals surface area contributed by atoms with Crippen molar-refractivity contribution in [2.75, 3.05) is 11.4 Å². The van der Waals surface area contributed by atoms with Crippen molar-refractivity contribution in [3.8, 4) is 0 Å². The minimum atomic E-state index is -0.0466. The third-order valence-electron chi connectivity index (χ3n) is 2.38. The Bertz CT molecular complexity index is 386. The Hall–Kier alpha value is -0.590. The Morgan fingerprint density at radius 3 is 3.00 bits per heavy atom. The lowest BCUT2D eigenvalue weighted by Crippen LogP contribution is -2.29. The number of nitrogens with one attached hydrogen (secondary N) is 1. The first-order valence-corrected chi connectivity index (χ1v) is 5.81. The maximum absolute atomic E-state index is 11.4. The minimum Gasteiger partial charge on any atom is -0.353 e. The van der Waals surface area contributed by atoms with Crippen LogP contribution in [0, 0.1) is 3.57 Å². The summed E-state index contributed by atoms with van der Waals surface area (Å²) < 4.78 is 0.693. The van der Waals surface area contributed by atoms with Crippen LogP contribution >= 0.6 is 22.6 Å². The second kappa shape index (κ2) is 3.88. The van der Waals surface area contributed by atoms with Crippen LogP contribution in [0.25, 0.3) is 0 Å². The van der Waals surface area contributed by atoms with E-state index in [9.17, 15) is 4.79 Å².